The highest BCUT2D eigenvalue weighted by atomic mass is 16.5. The van der Waals surface area contributed by atoms with Crippen molar-refractivity contribution in [2.45, 2.75) is 58.2 Å². The predicted molar refractivity (Wildman–Crippen MR) is 134 cm³/mol. The fraction of sp³-hybridized carbons (Fsp3) is 0.552. The number of hydrogen-bond donors (Lipinski definition) is 3. The highest BCUT2D eigenvalue weighted by Gasteiger charge is 2.70. The van der Waals surface area contributed by atoms with Crippen molar-refractivity contribution in [1.82, 2.24) is 10.2 Å². The van der Waals surface area contributed by atoms with E-state index >= 15 is 0 Å². The van der Waals surface area contributed by atoms with Crippen molar-refractivity contribution < 1.29 is 24.5 Å². The Kier molecular flexibility index (Phi) is 5.16. The first-order valence-electron chi connectivity index (χ1n) is 13.0. The van der Waals surface area contributed by atoms with Gasteiger partial charge in [0.25, 0.3) is 0 Å². The molecule has 0 amide bonds. The van der Waals surface area contributed by atoms with Crippen LogP contribution < -0.4 is 4.74 Å². The number of carbonyl (C=O) groups is 2. The third kappa shape index (κ3) is 3.02. The largest absolute Gasteiger partial charge is 0.485 e. The molecule has 1 aromatic heterocycles. The van der Waals surface area contributed by atoms with Crippen LogP contribution in [-0.4, -0.2) is 50.3 Å². The summed E-state index contributed by atoms with van der Waals surface area (Å²) < 4.78 is 5.94. The Morgan fingerprint density at radius 3 is 2.92 bits per heavy atom. The van der Waals surface area contributed by atoms with Crippen LogP contribution in [-0.2, 0) is 9.59 Å². The molecule has 3 saturated carbocycles. The van der Waals surface area contributed by atoms with Crippen molar-refractivity contribution in [3.05, 3.63) is 48.2 Å². The maximum Gasteiger partial charge on any atom is 0.202 e. The van der Waals surface area contributed by atoms with Gasteiger partial charge in [-0.25, -0.2) is 0 Å². The number of aromatic amines is 1. The number of nitrogens with one attached hydrogen (secondary N) is 1. The smallest absolute Gasteiger partial charge is 0.202 e. The van der Waals surface area contributed by atoms with Gasteiger partial charge in [0.05, 0.1) is 23.2 Å². The van der Waals surface area contributed by atoms with Gasteiger partial charge in [0.2, 0.25) is 5.78 Å². The van der Waals surface area contributed by atoms with E-state index < -0.39 is 17.1 Å². The third-order valence-corrected chi connectivity index (χ3v) is 10.3. The summed E-state index contributed by atoms with van der Waals surface area (Å²) in [6, 6.07) is 5.52. The van der Waals surface area contributed by atoms with E-state index in [1.807, 2.05) is 32.1 Å². The number of hydrogen-bond acceptors (Lipinski definition) is 6. The minimum Gasteiger partial charge on any atom is -0.485 e. The molecule has 3 N–H and O–H groups in total. The Balaban J connectivity index is 1.29. The van der Waals surface area contributed by atoms with E-state index in [1.54, 1.807) is 24.4 Å². The van der Waals surface area contributed by atoms with E-state index in [0.29, 0.717) is 12.2 Å². The first-order chi connectivity index (χ1) is 17.1. The molecule has 8 atom stereocenters. The third-order valence-electron chi connectivity index (χ3n) is 10.3. The molecule has 2 aromatic rings. The molecular weight excluding hydrogens is 456 g/mol. The molecule has 4 aliphatic carbocycles. The van der Waals surface area contributed by atoms with Crippen molar-refractivity contribution >= 4 is 22.5 Å². The lowest BCUT2D eigenvalue weighted by Crippen LogP contribution is -2.63. The van der Waals surface area contributed by atoms with Gasteiger partial charge in [-0.1, -0.05) is 38.5 Å². The number of ketones is 2. The molecule has 1 heterocycles. The number of H-pyrrole nitrogens is 1. The van der Waals surface area contributed by atoms with Crippen molar-refractivity contribution in [3.8, 4) is 5.75 Å². The van der Waals surface area contributed by atoms with Gasteiger partial charge in [-0.3, -0.25) is 14.7 Å². The first kappa shape index (κ1) is 23.6. The van der Waals surface area contributed by atoms with Gasteiger partial charge in [0.1, 0.15) is 18.0 Å². The number of allylic oxidation sites excluding steroid dienone is 4. The lowest BCUT2D eigenvalue weighted by Gasteiger charge is -2.59. The van der Waals surface area contributed by atoms with Crippen LogP contribution in [0.25, 0.3) is 10.9 Å². The maximum absolute atomic E-state index is 13.7. The number of ether oxygens (including phenoxy) is 1. The molecule has 5 unspecified atom stereocenters. The molecular formula is C29H34N2O5. The lowest BCUT2D eigenvalue weighted by atomic mass is 9.46. The van der Waals surface area contributed by atoms with Crippen LogP contribution >= 0.6 is 0 Å². The minimum atomic E-state index is -1.59. The number of aliphatic hydroxyl groups is 2. The number of aliphatic hydroxyl groups excluding tert-OH is 1. The van der Waals surface area contributed by atoms with Crippen molar-refractivity contribution in [1.29, 1.82) is 0 Å². The Morgan fingerprint density at radius 1 is 1.31 bits per heavy atom. The van der Waals surface area contributed by atoms with Crippen molar-refractivity contribution in [3.63, 3.8) is 0 Å². The van der Waals surface area contributed by atoms with Gasteiger partial charge in [0, 0.05) is 16.7 Å². The van der Waals surface area contributed by atoms with Crippen LogP contribution in [0.1, 0.15) is 46.5 Å². The van der Waals surface area contributed by atoms with Crippen LogP contribution in [0.4, 0.5) is 0 Å². The normalized spacial score (nSPS) is 41.4. The van der Waals surface area contributed by atoms with Crippen LogP contribution in [0.15, 0.2) is 48.2 Å². The Hall–Kier alpha value is -2.77. The van der Waals surface area contributed by atoms with Crippen molar-refractivity contribution in [2.24, 2.45) is 34.5 Å². The summed E-state index contributed by atoms with van der Waals surface area (Å²) >= 11 is 0. The van der Waals surface area contributed by atoms with Crippen LogP contribution in [0.3, 0.4) is 0 Å². The molecule has 190 valence electrons. The number of benzene rings is 1. The number of Topliss-reactive ketones (excluding diaryl/α,β-unsaturated/α-hetero) is 1. The van der Waals surface area contributed by atoms with E-state index in [0.717, 1.165) is 35.7 Å². The summed E-state index contributed by atoms with van der Waals surface area (Å²) in [5.41, 5.74) is -0.820. The summed E-state index contributed by atoms with van der Waals surface area (Å²) in [5, 5.41) is 31.5. The van der Waals surface area contributed by atoms with Gasteiger partial charge >= 0.3 is 0 Å². The van der Waals surface area contributed by atoms with Gasteiger partial charge in [0.15, 0.2) is 5.78 Å². The SMILES string of the molecule is C[C@@H]1CC2C3CCC4=CC(=O)C=CC4(C)C3[C@@H](O)CC2(C)[C@@]1(O)C(=O)COc1cccc2[nH]ncc12. The monoisotopic (exact) mass is 490 g/mol. The van der Waals surface area contributed by atoms with Gasteiger partial charge in [-0.15, -0.1) is 0 Å². The maximum atomic E-state index is 13.7. The van der Waals surface area contributed by atoms with E-state index in [9.17, 15) is 19.8 Å². The van der Waals surface area contributed by atoms with E-state index in [2.05, 4.69) is 17.1 Å². The standard InChI is InChI=1S/C29H34N2O5/c1-16-11-21-19-8-7-17-12-18(32)9-10-27(17,2)26(19)23(33)13-28(21,3)29(16,35)25(34)15-36-24-6-4-5-22-20(24)14-30-31-22/h4-6,9-10,12,14,16,19,21,23,26,33,35H,7-8,11,13,15H2,1-3H3,(H,30,31)/t16-,19?,21?,23+,26?,27?,28?,29+/m1/s1. The Labute approximate surface area is 210 Å². The molecule has 0 radical (unpaired) electrons. The lowest BCUT2D eigenvalue weighted by molar-refractivity contribution is -0.183. The highest BCUT2D eigenvalue weighted by molar-refractivity contribution is 6.01. The van der Waals surface area contributed by atoms with Crippen LogP contribution in [0, 0.1) is 34.5 Å². The average Bonchev–Trinajstić information content (AvgIpc) is 3.40. The van der Waals surface area contributed by atoms with Crippen LogP contribution in [0.5, 0.6) is 5.75 Å². The van der Waals surface area contributed by atoms with E-state index in [4.69, 9.17) is 4.74 Å². The molecule has 1 aromatic carbocycles. The molecule has 0 bridgehead atoms. The van der Waals surface area contributed by atoms with Gasteiger partial charge in [-0.2, -0.15) is 5.10 Å². The summed E-state index contributed by atoms with van der Waals surface area (Å²) in [6.45, 7) is 5.83. The second kappa shape index (κ2) is 7.86. The Bertz CT molecular complexity index is 1310. The second-order valence-corrected chi connectivity index (χ2v) is 11.9. The molecule has 7 heteroatoms. The van der Waals surface area contributed by atoms with Gasteiger partial charge < -0.3 is 14.9 Å². The quantitative estimate of drug-likeness (QED) is 0.602. The number of fused-ring (bicyclic) bond motifs is 6. The summed E-state index contributed by atoms with van der Waals surface area (Å²) in [4.78, 5) is 25.8. The molecule has 0 saturated heterocycles. The van der Waals surface area contributed by atoms with E-state index in [-0.39, 0.29) is 47.3 Å². The number of nitrogens with zero attached hydrogens (tertiary/aromatic N) is 1. The summed E-state index contributed by atoms with van der Waals surface area (Å²) in [7, 11) is 0. The molecule has 0 aliphatic heterocycles. The molecule has 3 fully saturated rings. The zero-order chi connectivity index (χ0) is 25.5. The molecule has 0 spiro atoms. The summed E-state index contributed by atoms with van der Waals surface area (Å²) in [6.07, 6.45) is 9.03. The van der Waals surface area contributed by atoms with Crippen molar-refractivity contribution in [2.75, 3.05) is 6.61 Å². The zero-order valence-electron chi connectivity index (χ0n) is 21.0. The predicted octanol–water partition coefficient (Wildman–Crippen LogP) is 3.77. The molecule has 36 heavy (non-hydrogen) atoms. The fourth-order valence-electron chi connectivity index (χ4n) is 8.57. The molecule has 4 aliphatic rings. The highest BCUT2D eigenvalue weighted by Crippen LogP contribution is 2.68. The average molecular weight is 491 g/mol. The molecule has 6 rings (SSSR count). The minimum absolute atomic E-state index is 0.0108. The van der Waals surface area contributed by atoms with Gasteiger partial charge in [-0.05, 0) is 67.7 Å². The zero-order valence-corrected chi connectivity index (χ0v) is 21.0. The number of aromatic nitrogens is 2. The summed E-state index contributed by atoms with van der Waals surface area (Å²) in [5.74, 6) is 0.174. The van der Waals surface area contributed by atoms with E-state index in [1.165, 1.54) is 0 Å². The Morgan fingerprint density at radius 2 is 2.11 bits per heavy atom. The number of carbonyl (C=O) groups excluding carboxylic acids is 2. The second-order valence-electron chi connectivity index (χ2n) is 11.9. The fourth-order valence-corrected chi connectivity index (χ4v) is 8.57. The first-order valence-corrected chi connectivity index (χ1v) is 13.0. The number of rotatable bonds is 4. The van der Waals surface area contributed by atoms with Crippen LogP contribution in [0.2, 0.25) is 0 Å². The topological polar surface area (TPSA) is 113 Å². The molecule has 7 nitrogen and oxygen atoms in total.